The van der Waals surface area contributed by atoms with E-state index >= 15 is 0 Å². The van der Waals surface area contributed by atoms with Crippen LogP contribution in [0.25, 0.3) is 11.3 Å². The number of hydrogen-bond acceptors (Lipinski definition) is 3. The Morgan fingerprint density at radius 1 is 1.03 bits per heavy atom. The molecule has 152 valence electrons. The third-order valence-electron chi connectivity index (χ3n) is 5.73. The third-order valence-corrected chi connectivity index (χ3v) is 6.22. The largest absolute Gasteiger partial charge is 0.338 e. The molecule has 1 amide bonds. The van der Waals surface area contributed by atoms with Crippen molar-refractivity contribution >= 4 is 29.1 Å². The van der Waals surface area contributed by atoms with E-state index in [1.165, 1.54) is 0 Å². The van der Waals surface area contributed by atoms with Crippen LogP contribution in [-0.4, -0.2) is 27.3 Å². The second-order valence-corrected chi connectivity index (χ2v) is 8.88. The zero-order chi connectivity index (χ0) is 20.7. The van der Waals surface area contributed by atoms with Gasteiger partial charge in [-0.3, -0.25) is 4.79 Å². The quantitative estimate of drug-likeness (QED) is 0.544. The van der Waals surface area contributed by atoms with Crippen molar-refractivity contribution in [2.45, 2.75) is 38.1 Å². The van der Waals surface area contributed by atoms with Crippen LogP contribution < -0.4 is 0 Å². The number of aromatic nitrogens is 2. The van der Waals surface area contributed by atoms with Gasteiger partial charge in [-0.1, -0.05) is 47.5 Å². The molecule has 0 spiro atoms. The van der Waals surface area contributed by atoms with Crippen molar-refractivity contribution in [3.05, 3.63) is 81.2 Å². The number of hydrogen-bond donors (Lipinski definition) is 0. The van der Waals surface area contributed by atoms with Gasteiger partial charge in [-0.15, -0.1) is 0 Å². The fourth-order valence-electron chi connectivity index (χ4n) is 3.95. The molecule has 5 rings (SSSR count). The molecule has 0 atom stereocenters. The van der Waals surface area contributed by atoms with Crippen LogP contribution in [0.3, 0.4) is 0 Å². The van der Waals surface area contributed by atoms with Gasteiger partial charge >= 0.3 is 0 Å². The molecule has 2 aliphatic rings. The molecule has 1 saturated carbocycles. The summed E-state index contributed by atoms with van der Waals surface area (Å²) < 4.78 is 0. The molecule has 30 heavy (non-hydrogen) atoms. The van der Waals surface area contributed by atoms with Gasteiger partial charge in [0.1, 0.15) is 5.82 Å². The molecular weight excluding hydrogens is 417 g/mol. The highest BCUT2D eigenvalue weighted by atomic mass is 35.5. The van der Waals surface area contributed by atoms with Crippen LogP contribution >= 0.6 is 23.2 Å². The molecule has 0 N–H and O–H groups in total. The summed E-state index contributed by atoms with van der Waals surface area (Å²) in [6.45, 7) is 1.20. The van der Waals surface area contributed by atoms with Gasteiger partial charge in [0.15, 0.2) is 0 Å². The van der Waals surface area contributed by atoms with Crippen molar-refractivity contribution in [2.75, 3.05) is 6.54 Å². The Morgan fingerprint density at radius 3 is 2.57 bits per heavy atom. The molecule has 1 aliphatic carbocycles. The molecule has 1 aliphatic heterocycles. The predicted molar refractivity (Wildman–Crippen MR) is 119 cm³/mol. The molecule has 0 unspecified atom stereocenters. The van der Waals surface area contributed by atoms with Crippen LogP contribution in [-0.2, 0) is 24.2 Å². The highest BCUT2D eigenvalue weighted by Gasteiger charge is 2.31. The van der Waals surface area contributed by atoms with Crippen molar-refractivity contribution in [3.63, 3.8) is 0 Å². The standard InChI is InChI=1S/C24H21Cl2N3O/c25-18-8-6-16(7-9-18)23-20-14-29(22(30)13-15-2-1-3-19(26)12-15)11-10-21(20)27-24(28-23)17-4-5-17/h1-3,6-9,12,17H,4-5,10-11,13-14H2. The molecule has 6 heteroatoms. The number of fused-ring (bicyclic) bond motifs is 1. The highest BCUT2D eigenvalue weighted by Crippen LogP contribution is 2.40. The van der Waals surface area contributed by atoms with E-state index in [1.54, 1.807) is 0 Å². The molecule has 0 saturated heterocycles. The van der Waals surface area contributed by atoms with E-state index < -0.39 is 0 Å². The minimum atomic E-state index is 0.0937. The van der Waals surface area contributed by atoms with E-state index in [2.05, 4.69) is 0 Å². The average Bonchev–Trinajstić information content (AvgIpc) is 3.59. The lowest BCUT2D eigenvalue weighted by molar-refractivity contribution is -0.131. The van der Waals surface area contributed by atoms with Gasteiger partial charge in [0.2, 0.25) is 5.91 Å². The lowest BCUT2D eigenvalue weighted by atomic mass is 9.98. The molecule has 1 aromatic heterocycles. The smallest absolute Gasteiger partial charge is 0.227 e. The Balaban J connectivity index is 1.46. The SMILES string of the molecule is O=C(Cc1cccc(Cl)c1)N1CCc2nc(C3CC3)nc(-c3ccc(Cl)cc3)c2C1. The number of amides is 1. The van der Waals surface area contributed by atoms with Crippen LogP contribution in [0.5, 0.6) is 0 Å². The van der Waals surface area contributed by atoms with Gasteiger partial charge in [-0.2, -0.15) is 0 Å². The maximum atomic E-state index is 13.0. The van der Waals surface area contributed by atoms with Crippen molar-refractivity contribution in [3.8, 4) is 11.3 Å². The molecule has 0 radical (unpaired) electrons. The van der Waals surface area contributed by atoms with Crippen LogP contribution in [0.1, 0.15) is 41.4 Å². The highest BCUT2D eigenvalue weighted by molar-refractivity contribution is 6.30. The lowest BCUT2D eigenvalue weighted by Gasteiger charge is -2.30. The maximum Gasteiger partial charge on any atom is 0.227 e. The minimum absolute atomic E-state index is 0.0937. The van der Waals surface area contributed by atoms with E-state index in [9.17, 15) is 4.79 Å². The first-order valence-corrected chi connectivity index (χ1v) is 11.0. The summed E-state index contributed by atoms with van der Waals surface area (Å²) in [5.74, 6) is 1.51. The molecule has 2 heterocycles. The van der Waals surface area contributed by atoms with Gasteiger partial charge in [0.05, 0.1) is 17.8 Å². The number of carbonyl (C=O) groups excluding carboxylic acids is 1. The summed E-state index contributed by atoms with van der Waals surface area (Å²) in [6, 6.07) is 15.2. The molecular formula is C24H21Cl2N3O. The molecule has 1 fully saturated rings. The summed E-state index contributed by atoms with van der Waals surface area (Å²) in [5.41, 5.74) is 5.00. The molecule has 2 aromatic carbocycles. The van der Waals surface area contributed by atoms with Gasteiger partial charge < -0.3 is 4.90 Å². The van der Waals surface area contributed by atoms with E-state index in [1.807, 2.05) is 53.4 Å². The van der Waals surface area contributed by atoms with E-state index in [0.717, 1.165) is 53.2 Å². The number of halogens is 2. The molecule has 0 bridgehead atoms. The Hall–Kier alpha value is -2.43. The first-order valence-electron chi connectivity index (χ1n) is 10.2. The van der Waals surface area contributed by atoms with E-state index in [4.69, 9.17) is 33.2 Å². The monoisotopic (exact) mass is 437 g/mol. The Kier molecular flexibility index (Phi) is 5.21. The second kappa shape index (κ2) is 8.01. The average molecular weight is 438 g/mol. The van der Waals surface area contributed by atoms with Crippen LogP contribution in [0.2, 0.25) is 10.0 Å². The zero-order valence-electron chi connectivity index (χ0n) is 16.4. The first kappa shape index (κ1) is 19.5. The first-order chi connectivity index (χ1) is 14.6. The summed E-state index contributed by atoms with van der Waals surface area (Å²) in [7, 11) is 0. The lowest BCUT2D eigenvalue weighted by Crippen LogP contribution is -2.38. The number of carbonyl (C=O) groups is 1. The molecule has 3 aromatic rings. The minimum Gasteiger partial charge on any atom is -0.338 e. The summed E-state index contributed by atoms with van der Waals surface area (Å²) in [5, 5.41) is 1.35. The van der Waals surface area contributed by atoms with Gasteiger partial charge in [-0.05, 0) is 42.7 Å². The molecule has 4 nitrogen and oxygen atoms in total. The van der Waals surface area contributed by atoms with Crippen LogP contribution in [0.4, 0.5) is 0 Å². The number of nitrogens with zero attached hydrogens (tertiary/aromatic N) is 3. The normalized spacial score (nSPS) is 15.7. The fraction of sp³-hybridized carbons (Fsp3) is 0.292. The van der Waals surface area contributed by atoms with Gasteiger partial charge in [0.25, 0.3) is 0 Å². The summed E-state index contributed by atoms with van der Waals surface area (Å²) in [4.78, 5) is 24.7. The summed E-state index contributed by atoms with van der Waals surface area (Å²) in [6.07, 6.45) is 3.40. The Labute approximate surface area is 185 Å². The van der Waals surface area contributed by atoms with E-state index in [-0.39, 0.29) is 5.91 Å². The predicted octanol–water partition coefficient (Wildman–Crippen LogP) is 5.46. The Bertz CT molecular complexity index is 1110. The second-order valence-electron chi connectivity index (χ2n) is 8.01. The van der Waals surface area contributed by atoms with Crippen molar-refractivity contribution < 1.29 is 4.79 Å². The fourth-order valence-corrected chi connectivity index (χ4v) is 4.29. The maximum absolute atomic E-state index is 13.0. The van der Waals surface area contributed by atoms with Crippen LogP contribution in [0.15, 0.2) is 48.5 Å². The van der Waals surface area contributed by atoms with E-state index in [0.29, 0.717) is 35.5 Å². The topological polar surface area (TPSA) is 46.1 Å². The third kappa shape index (κ3) is 4.07. The zero-order valence-corrected chi connectivity index (χ0v) is 18.0. The number of rotatable bonds is 4. The Morgan fingerprint density at radius 2 is 1.83 bits per heavy atom. The van der Waals surface area contributed by atoms with Gasteiger partial charge in [0, 0.05) is 46.6 Å². The van der Waals surface area contributed by atoms with Crippen LogP contribution in [0, 0.1) is 0 Å². The van der Waals surface area contributed by atoms with Gasteiger partial charge in [-0.25, -0.2) is 9.97 Å². The van der Waals surface area contributed by atoms with Crippen molar-refractivity contribution in [1.82, 2.24) is 14.9 Å². The number of benzene rings is 2. The summed E-state index contributed by atoms with van der Waals surface area (Å²) >= 11 is 12.2. The van der Waals surface area contributed by atoms with Crippen molar-refractivity contribution in [2.24, 2.45) is 0 Å². The van der Waals surface area contributed by atoms with Crippen molar-refractivity contribution in [1.29, 1.82) is 0 Å².